The zero-order chi connectivity index (χ0) is 23.0. The lowest BCUT2D eigenvalue weighted by atomic mass is 10.0. The van der Waals surface area contributed by atoms with E-state index in [1.165, 1.54) is 55.6 Å². The quantitative estimate of drug-likeness (QED) is 0.569. The summed E-state index contributed by atoms with van der Waals surface area (Å²) >= 11 is 0. The second-order valence-electron chi connectivity index (χ2n) is 5.53. The number of Topliss-reactive ketones (excluding diaryl/α,β-unsaturated/α-hetero) is 1. The van der Waals surface area contributed by atoms with E-state index in [-0.39, 0.29) is 16.7 Å². The Morgan fingerprint density at radius 3 is 2.46 bits per heavy atom. The second kappa shape index (κ2) is 7.73. The lowest BCUT2D eigenvalue weighted by Crippen LogP contribution is -2.16. The highest BCUT2D eigenvalue weighted by Crippen LogP contribution is 2.32. The van der Waals surface area contributed by atoms with Gasteiger partial charge in [-0.1, -0.05) is 42.5 Å². The van der Waals surface area contributed by atoms with Crippen molar-refractivity contribution in [2.24, 2.45) is 5.73 Å². The van der Waals surface area contributed by atoms with E-state index < -0.39 is 45.3 Å². The van der Waals surface area contributed by atoms with Gasteiger partial charge in [-0.05, 0) is 17.7 Å². The van der Waals surface area contributed by atoms with Gasteiger partial charge in [-0.15, -0.1) is 0 Å². The van der Waals surface area contributed by atoms with E-state index in [1.54, 1.807) is 6.07 Å². The predicted molar refractivity (Wildman–Crippen MR) is 98.0 cm³/mol. The molecule has 0 aromatic heterocycles. The molecule has 1 atom stereocenters. The molecule has 3 rings (SSSR count). The molecule has 0 radical (unpaired) electrons. The van der Waals surface area contributed by atoms with Crippen molar-refractivity contribution in [1.29, 1.82) is 0 Å². The first kappa shape index (κ1) is 15.7. The normalized spacial score (nSPS) is 21.3. The molecule has 0 unspecified atom stereocenters. The second-order valence-corrected chi connectivity index (χ2v) is 6.81. The number of hydrogen-bond acceptors (Lipinski definition) is 8. The van der Waals surface area contributed by atoms with Crippen LogP contribution < -0.4 is 5.73 Å². The number of esters is 1. The summed E-state index contributed by atoms with van der Waals surface area (Å²) in [5, 5.41) is 0. The van der Waals surface area contributed by atoms with Crippen molar-refractivity contribution in [3.05, 3.63) is 82.9 Å². The van der Waals surface area contributed by atoms with Gasteiger partial charge in [0.1, 0.15) is 5.70 Å². The molecule has 0 aliphatic carbocycles. The largest absolute Gasteiger partial charge is 0.465 e. The van der Waals surface area contributed by atoms with Crippen molar-refractivity contribution in [2.75, 3.05) is 7.11 Å². The minimum absolute atomic E-state index is 0.0600. The Hall–Kier alpha value is -3.33. The van der Waals surface area contributed by atoms with Gasteiger partial charge in [0.2, 0.25) is 17.4 Å². The number of benzene rings is 2. The number of methoxy groups -OCH3 is 1. The van der Waals surface area contributed by atoms with Gasteiger partial charge in [0.15, 0.2) is 6.08 Å². The Kier molecular flexibility index (Phi) is 4.33. The third kappa shape index (κ3) is 4.15. The topological polar surface area (TPSA) is 122 Å². The number of nitrogens with two attached hydrogens (primary N) is 1. The molecule has 0 fully saturated rings. The molecular weight excluding hydrogens is 386 g/mol. The van der Waals surface area contributed by atoms with E-state index in [0.717, 1.165) is 0 Å². The highest BCUT2D eigenvalue weighted by atomic mass is 32.2. The van der Waals surface area contributed by atoms with E-state index in [4.69, 9.17) is 18.8 Å². The van der Waals surface area contributed by atoms with Gasteiger partial charge in [0, 0.05) is 5.56 Å². The SMILES string of the molecule is [2H]C([2H])(c1ccccc1)S(=O)(=O)OC1=C(N)O[C@]([2H])(c2ccc(C(=O)OC)cc2)C1=O. The summed E-state index contributed by atoms with van der Waals surface area (Å²) in [6, 6.07) is 12.0. The fourth-order valence-corrected chi connectivity index (χ4v) is 3.19. The average Bonchev–Trinajstić information content (AvgIpc) is 2.97. The van der Waals surface area contributed by atoms with Crippen molar-refractivity contribution in [2.45, 2.75) is 11.8 Å². The van der Waals surface area contributed by atoms with Crippen LogP contribution in [0.25, 0.3) is 0 Å². The van der Waals surface area contributed by atoms with Crippen molar-refractivity contribution in [1.82, 2.24) is 0 Å². The number of ketones is 1. The molecule has 9 heteroatoms. The first-order valence-corrected chi connectivity index (χ1v) is 9.27. The molecule has 1 aliphatic rings. The summed E-state index contributed by atoms with van der Waals surface area (Å²) in [6.07, 6.45) is -2.48. The van der Waals surface area contributed by atoms with Crippen LogP contribution in [-0.4, -0.2) is 27.3 Å². The first-order valence-electron chi connectivity index (χ1n) is 9.36. The standard InChI is InChI=1S/C19H17NO7S/c1-25-19(22)14-9-7-13(8-10-14)16-15(21)17(18(20)26-16)27-28(23,24)11-12-5-3-2-4-6-12/h2-10,16H,11,20H2,1H3/t16-/m1/s1/i11D2,16D. The molecule has 2 aromatic rings. The van der Waals surface area contributed by atoms with Gasteiger partial charge in [0.25, 0.3) is 0 Å². The molecule has 0 saturated heterocycles. The van der Waals surface area contributed by atoms with Gasteiger partial charge in [-0.2, -0.15) is 8.42 Å². The molecule has 2 N–H and O–H groups in total. The van der Waals surface area contributed by atoms with Crippen LogP contribution in [0.5, 0.6) is 0 Å². The summed E-state index contributed by atoms with van der Waals surface area (Å²) in [5.74, 6) is -3.68. The van der Waals surface area contributed by atoms with Crippen molar-refractivity contribution in [3.8, 4) is 0 Å². The Labute approximate surface area is 165 Å². The van der Waals surface area contributed by atoms with E-state index in [1.807, 2.05) is 0 Å². The maximum absolute atomic E-state index is 12.8. The van der Waals surface area contributed by atoms with E-state index in [9.17, 15) is 18.0 Å². The van der Waals surface area contributed by atoms with Crippen molar-refractivity contribution >= 4 is 21.9 Å². The number of carbonyl (C=O) groups excluding carboxylic acids is 2. The summed E-state index contributed by atoms with van der Waals surface area (Å²) in [7, 11) is -3.88. The van der Waals surface area contributed by atoms with Crippen LogP contribution >= 0.6 is 0 Å². The van der Waals surface area contributed by atoms with E-state index in [0.29, 0.717) is 0 Å². The van der Waals surface area contributed by atoms with E-state index in [2.05, 4.69) is 4.74 Å². The van der Waals surface area contributed by atoms with Crippen LogP contribution in [0.3, 0.4) is 0 Å². The van der Waals surface area contributed by atoms with Crippen LogP contribution in [0, 0.1) is 0 Å². The fourth-order valence-electron chi connectivity index (χ4n) is 2.34. The van der Waals surface area contributed by atoms with Crippen LogP contribution in [0.15, 0.2) is 66.2 Å². The fraction of sp³-hybridized carbons (Fsp3) is 0.158. The number of ether oxygens (including phenoxy) is 2. The van der Waals surface area contributed by atoms with Gasteiger partial charge >= 0.3 is 16.1 Å². The van der Waals surface area contributed by atoms with Crippen LogP contribution in [-0.2, 0) is 34.3 Å². The molecule has 146 valence electrons. The first-order chi connectivity index (χ1) is 14.4. The lowest BCUT2D eigenvalue weighted by Gasteiger charge is -2.10. The molecule has 8 nitrogen and oxygen atoms in total. The molecule has 0 spiro atoms. The zero-order valence-corrected chi connectivity index (χ0v) is 15.4. The van der Waals surface area contributed by atoms with Gasteiger partial charge in [0.05, 0.1) is 16.8 Å². The Morgan fingerprint density at radius 2 is 1.86 bits per heavy atom. The molecule has 1 aliphatic heterocycles. The summed E-state index contributed by atoms with van der Waals surface area (Å²) in [4.78, 5) is 24.3. The predicted octanol–water partition coefficient (Wildman–Crippen LogP) is 1.79. The van der Waals surface area contributed by atoms with Crippen LogP contribution in [0.2, 0.25) is 0 Å². The molecule has 2 aromatic carbocycles. The third-order valence-electron chi connectivity index (χ3n) is 3.63. The van der Waals surface area contributed by atoms with Gasteiger partial charge in [-0.3, -0.25) is 4.79 Å². The summed E-state index contributed by atoms with van der Waals surface area (Å²) in [5.41, 5.74) is 2.45. The van der Waals surface area contributed by atoms with Crippen molar-refractivity contribution in [3.63, 3.8) is 0 Å². The third-order valence-corrected chi connectivity index (χ3v) is 4.50. The van der Waals surface area contributed by atoms with Crippen LogP contribution in [0.1, 0.15) is 31.7 Å². The number of hydrogen-bond donors (Lipinski definition) is 1. The number of carbonyl (C=O) groups is 2. The summed E-state index contributed by atoms with van der Waals surface area (Å²) < 4.78 is 63.9. The molecule has 0 bridgehead atoms. The minimum Gasteiger partial charge on any atom is -0.465 e. The van der Waals surface area contributed by atoms with Gasteiger partial charge in [-0.25, -0.2) is 4.79 Å². The van der Waals surface area contributed by atoms with E-state index >= 15 is 0 Å². The Bertz CT molecular complexity index is 1160. The average molecular weight is 406 g/mol. The monoisotopic (exact) mass is 406 g/mol. The lowest BCUT2D eigenvalue weighted by molar-refractivity contribution is -0.123. The Balaban J connectivity index is 1.90. The maximum Gasteiger partial charge on any atom is 0.337 e. The van der Waals surface area contributed by atoms with Crippen LogP contribution in [0.4, 0.5) is 0 Å². The molecule has 1 heterocycles. The minimum atomic E-state index is -5.07. The summed E-state index contributed by atoms with van der Waals surface area (Å²) in [6.45, 7) is 0. The molecular formula is C19H17NO7S. The maximum atomic E-state index is 12.8. The number of rotatable bonds is 6. The highest BCUT2D eigenvalue weighted by Gasteiger charge is 2.39. The molecule has 0 amide bonds. The zero-order valence-electron chi connectivity index (χ0n) is 17.5. The highest BCUT2D eigenvalue weighted by molar-refractivity contribution is 7.86. The molecule has 28 heavy (non-hydrogen) atoms. The molecule has 0 saturated carbocycles. The smallest absolute Gasteiger partial charge is 0.337 e. The van der Waals surface area contributed by atoms with Gasteiger partial charge < -0.3 is 19.4 Å². The Morgan fingerprint density at radius 1 is 1.21 bits per heavy atom. The van der Waals surface area contributed by atoms with Crippen molar-refractivity contribution < 1.29 is 35.8 Å².